The van der Waals surface area contributed by atoms with Crippen LogP contribution in [0.2, 0.25) is 0 Å². The van der Waals surface area contributed by atoms with E-state index < -0.39 is 11.9 Å². The summed E-state index contributed by atoms with van der Waals surface area (Å²) in [5.41, 5.74) is 0.0682. The van der Waals surface area contributed by atoms with Crippen molar-refractivity contribution in [3.63, 3.8) is 0 Å². The van der Waals surface area contributed by atoms with Crippen LogP contribution in [0.3, 0.4) is 0 Å². The molecule has 2 N–H and O–H groups in total. The molecule has 6 heteroatoms. The Hall–Kier alpha value is -3.02. The van der Waals surface area contributed by atoms with Crippen LogP contribution in [0, 0.1) is 0 Å². The lowest BCUT2D eigenvalue weighted by Crippen LogP contribution is -2.43. The maximum atomic E-state index is 12.1. The van der Waals surface area contributed by atoms with Crippen LogP contribution >= 0.6 is 0 Å². The van der Waals surface area contributed by atoms with Crippen LogP contribution in [0.5, 0.6) is 0 Å². The number of aromatic nitrogens is 1. The van der Waals surface area contributed by atoms with Gasteiger partial charge in [-0.25, -0.2) is 9.59 Å². The van der Waals surface area contributed by atoms with Crippen LogP contribution in [0.15, 0.2) is 48.7 Å². The monoisotopic (exact) mass is 286 g/mol. The molecule has 1 heterocycles. The minimum atomic E-state index is -1.29. The zero-order valence-electron chi connectivity index (χ0n) is 10.9. The number of carboxylic acids is 2. The third kappa shape index (κ3) is 3.30. The second kappa shape index (κ2) is 5.96. The SMILES string of the molecule is O=C(O)c1cc[n+](CC(=O)c2ccccc2)c(C(=O)O)c1. The fourth-order valence-corrected chi connectivity index (χ4v) is 1.85. The number of benzene rings is 1. The van der Waals surface area contributed by atoms with Crippen LogP contribution in [-0.4, -0.2) is 27.9 Å². The van der Waals surface area contributed by atoms with Gasteiger partial charge in [0.05, 0.1) is 5.56 Å². The summed E-state index contributed by atoms with van der Waals surface area (Å²) >= 11 is 0. The second-order valence-electron chi connectivity index (χ2n) is 4.33. The lowest BCUT2D eigenvalue weighted by Gasteiger charge is -2.02. The van der Waals surface area contributed by atoms with Crippen LogP contribution in [0.4, 0.5) is 0 Å². The molecule has 0 aliphatic heterocycles. The van der Waals surface area contributed by atoms with Crippen molar-refractivity contribution < 1.29 is 29.2 Å². The van der Waals surface area contributed by atoms with E-state index in [1.54, 1.807) is 30.3 Å². The van der Waals surface area contributed by atoms with E-state index in [0.29, 0.717) is 5.56 Å². The van der Waals surface area contributed by atoms with Crippen molar-refractivity contribution in [1.29, 1.82) is 0 Å². The van der Waals surface area contributed by atoms with Crippen molar-refractivity contribution in [2.24, 2.45) is 0 Å². The maximum Gasteiger partial charge on any atom is 0.401 e. The predicted octanol–water partition coefficient (Wildman–Crippen LogP) is 1.25. The highest BCUT2D eigenvalue weighted by Gasteiger charge is 2.23. The first-order valence-corrected chi connectivity index (χ1v) is 6.07. The lowest BCUT2D eigenvalue weighted by atomic mass is 10.1. The molecule has 1 aromatic heterocycles. The molecule has 0 saturated heterocycles. The molecule has 0 fully saturated rings. The van der Waals surface area contributed by atoms with Crippen LogP contribution in [0.25, 0.3) is 0 Å². The van der Waals surface area contributed by atoms with Crippen molar-refractivity contribution >= 4 is 17.7 Å². The Morgan fingerprint density at radius 1 is 0.905 bits per heavy atom. The van der Waals surface area contributed by atoms with Crippen molar-refractivity contribution in [2.75, 3.05) is 0 Å². The maximum absolute atomic E-state index is 12.1. The van der Waals surface area contributed by atoms with E-state index in [0.717, 1.165) is 6.07 Å². The Kier molecular flexibility index (Phi) is 4.08. The highest BCUT2D eigenvalue weighted by molar-refractivity contribution is 5.95. The Morgan fingerprint density at radius 2 is 1.57 bits per heavy atom. The van der Waals surface area contributed by atoms with Crippen molar-refractivity contribution in [1.82, 2.24) is 0 Å². The minimum Gasteiger partial charge on any atom is -0.478 e. The number of carbonyl (C=O) groups is 3. The molecule has 0 aliphatic rings. The molecular weight excluding hydrogens is 274 g/mol. The quantitative estimate of drug-likeness (QED) is 0.637. The van der Waals surface area contributed by atoms with Crippen molar-refractivity contribution in [3.8, 4) is 0 Å². The van der Waals surface area contributed by atoms with Gasteiger partial charge in [-0.05, 0) is 0 Å². The van der Waals surface area contributed by atoms with Gasteiger partial charge in [0.2, 0.25) is 12.3 Å². The number of carbonyl (C=O) groups excluding carboxylic acids is 1. The van der Waals surface area contributed by atoms with E-state index in [2.05, 4.69) is 0 Å². The Morgan fingerprint density at radius 3 is 2.14 bits per heavy atom. The molecule has 1 aromatic carbocycles. The third-order valence-electron chi connectivity index (χ3n) is 2.91. The summed E-state index contributed by atoms with van der Waals surface area (Å²) in [6.07, 6.45) is 1.29. The number of Topliss-reactive ketones (excluding diaryl/α,β-unsaturated/α-hetero) is 1. The van der Waals surface area contributed by atoms with E-state index in [-0.39, 0.29) is 23.6 Å². The highest BCUT2D eigenvalue weighted by atomic mass is 16.4. The van der Waals surface area contributed by atoms with E-state index >= 15 is 0 Å². The number of ketones is 1. The summed E-state index contributed by atoms with van der Waals surface area (Å²) in [7, 11) is 0. The van der Waals surface area contributed by atoms with Gasteiger partial charge in [-0.15, -0.1) is 0 Å². The van der Waals surface area contributed by atoms with Gasteiger partial charge in [0.25, 0.3) is 5.69 Å². The Balaban J connectivity index is 2.34. The molecule has 106 valence electrons. The van der Waals surface area contributed by atoms with Gasteiger partial charge in [0.1, 0.15) is 0 Å². The van der Waals surface area contributed by atoms with Gasteiger partial charge in [0.15, 0.2) is 6.20 Å². The van der Waals surface area contributed by atoms with E-state index in [1.807, 2.05) is 0 Å². The molecule has 0 spiro atoms. The topological polar surface area (TPSA) is 95.5 Å². The van der Waals surface area contributed by atoms with Crippen molar-refractivity contribution in [3.05, 3.63) is 65.5 Å². The molecule has 0 radical (unpaired) electrons. The first-order chi connectivity index (χ1) is 9.99. The summed E-state index contributed by atoms with van der Waals surface area (Å²) in [5, 5.41) is 18.0. The first-order valence-electron chi connectivity index (χ1n) is 6.07. The number of aromatic carboxylic acids is 2. The summed E-state index contributed by atoms with van der Waals surface area (Å²) < 4.78 is 1.21. The van der Waals surface area contributed by atoms with E-state index in [9.17, 15) is 14.4 Å². The number of hydrogen-bond donors (Lipinski definition) is 2. The molecule has 0 unspecified atom stereocenters. The average molecular weight is 286 g/mol. The standard InChI is InChI=1S/C15H11NO5/c17-13(10-4-2-1-3-5-10)9-16-7-6-11(14(18)19)8-12(16)15(20)21/h1-8H,9H2,(H-,18,19,20,21)/p+1. The summed E-state index contributed by atoms with van der Waals surface area (Å²) in [5.74, 6) is -2.77. The van der Waals surface area contributed by atoms with Crippen LogP contribution in [-0.2, 0) is 6.54 Å². The number of hydrogen-bond acceptors (Lipinski definition) is 3. The third-order valence-corrected chi connectivity index (χ3v) is 2.91. The Bertz CT molecular complexity index is 709. The van der Waals surface area contributed by atoms with Crippen molar-refractivity contribution in [2.45, 2.75) is 6.54 Å². The van der Waals surface area contributed by atoms with Crippen LogP contribution in [0.1, 0.15) is 31.2 Å². The normalized spacial score (nSPS) is 10.1. The van der Waals surface area contributed by atoms with Gasteiger partial charge in [-0.1, -0.05) is 30.3 Å². The summed E-state index contributed by atoms with van der Waals surface area (Å²) in [6.45, 7) is -0.175. The van der Waals surface area contributed by atoms with Gasteiger partial charge in [-0.2, -0.15) is 4.57 Å². The predicted molar refractivity (Wildman–Crippen MR) is 71.3 cm³/mol. The minimum absolute atomic E-state index is 0.143. The lowest BCUT2D eigenvalue weighted by molar-refractivity contribution is -0.685. The fourth-order valence-electron chi connectivity index (χ4n) is 1.85. The molecule has 0 bridgehead atoms. The number of rotatable bonds is 5. The smallest absolute Gasteiger partial charge is 0.401 e. The summed E-state index contributed by atoms with van der Waals surface area (Å²) in [4.78, 5) is 34.1. The molecule has 2 rings (SSSR count). The molecular formula is C15H12NO5+. The molecule has 0 atom stereocenters. The highest BCUT2D eigenvalue weighted by Crippen LogP contribution is 2.04. The largest absolute Gasteiger partial charge is 0.478 e. The average Bonchev–Trinajstić information content (AvgIpc) is 2.48. The van der Waals surface area contributed by atoms with Gasteiger partial charge in [0, 0.05) is 17.7 Å². The van der Waals surface area contributed by atoms with Gasteiger partial charge >= 0.3 is 11.9 Å². The van der Waals surface area contributed by atoms with Gasteiger partial charge < -0.3 is 10.2 Å². The van der Waals surface area contributed by atoms with Crippen LogP contribution < -0.4 is 4.57 Å². The molecule has 21 heavy (non-hydrogen) atoms. The van der Waals surface area contributed by atoms with E-state index in [4.69, 9.17) is 10.2 Å². The molecule has 0 saturated carbocycles. The zero-order chi connectivity index (χ0) is 15.4. The molecule has 0 aliphatic carbocycles. The number of carboxylic acid groups (broad SMARTS) is 2. The second-order valence-corrected chi connectivity index (χ2v) is 4.33. The molecule has 0 amide bonds. The number of nitrogens with zero attached hydrogens (tertiary/aromatic N) is 1. The Labute approximate surface area is 119 Å². The van der Waals surface area contributed by atoms with E-state index in [1.165, 1.54) is 16.8 Å². The van der Waals surface area contributed by atoms with Gasteiger partial charge in [-0.3, -0.25) is 4.79 Å². The number of pyridine rings is 1. The first kappa shape index (κ1) is 14.4. The molecule has 6 nitrogen and oxygen atoms in total. The summed E-state index contributed by atoms with van der Waals surface area (Å²) in [6, 6.07) is 10.8. The molecule has 2 aromatic rings. The fraction of sp³-hybridized carbons (Fsp3) is 0.0667. The zero-order valence-corrected chi connectivity index (χ0v) is 10.9.